The molecule has 0 saturated carbocycles. The predicted octanol–water partition coefficient (Wildman–Crippen LogP) is 1.24. The predicted molar refractivity (Wildman–Crippen MR) is 64.5 cm³/mol. The molecule has 0 aromatic carbocycles. The molecule has 3 saturated heterocycles. The van der Waals surface area contributed by atoms with Gasteiger partial charge >= 0.3 is 0 Å². The first kappa shape index (κ1) is 11.0. The van der Waals surface area contributed by atoms with Gasteiger partial charge in [0.15, 0.2) is 0 Å². The third-order valence-corrected chi connectivity index (χ3v) is 4.74. The van der Waals surface area contributed by atoms with Gasteiger partial charge in [-0.3, -0.25) is 4.90 Å². The highest BCUT2D eigenvalue weighted by atomic mass is 16.5. The second kappa shape index (κ2) is 4.28. The Morgan fingerprint density at radius 1 is 1.25 bits per heavy atom. The molecule has 3 aliphatic heterocycles. The van der Waals surface area contributed by atoms with Gasteiger partial charge in [-0.1, -0.05) is 0 Å². The molecule has 3 nitrogen and oxygen atoms in total. The van der Waals surface area contributed by atoms with Gasteiger partial charge in [0.2, 0.25) is 0 Å². The van der Waals surface area contributed by atoms with Gasteiger partial charge in [-0.05, 0) is 39.2 Å². The molecule has 0 bridgehead atoms. The Hall–Kier alpha value is -0.120. The van der Waals surface area contributed by atoms with Crippen LogP contribution in [0.2, 0.25) is 0 Å². The highest BCUT2D eigenvalue weighted by Gasteiger charge is 2.46. The summed E-state index contributed by atoms with van der Waals surface area (Å²) in [5.74, 6) is 0. The van der Waals surface area contributed by atoms with E-state index in [1.807, 2.05) is 0 Å². The van der Waals surface area contributed by atoms with Gasteiger partial charge in [-0.2, -0.15) is 0 Å². The van der Waals surface area contributed by atoms with Crippen molar-refractivity contribution < 1.29 is 4.74 Å². The normalized spacial score (nSPS) is 39.6. The standard InChI is InChI=1S/C13H24N2O/c1-11-8-12(2-5-14-11)15-9-13(10-15)3-6-16-7-4-13/h11-12,14H,2-10H2,1H3. The molecule has 0 amide bonds. The van der Waals surface area contributed by atoms with E-state index < -0.39 is 0 Å². The topological polar surface area (TPSA) is 24.5 Å². The summed E-state index contributed by atoms with van der Waals surface area (Å²) in [4.78, 5) is 2.72. The van der Waals surface area contributed by atoms with Gasteiger partial charge < -0.3 is 10.1 Å². The second-order valence-corrected chi connectivity index (χ2v) is 6.05. The van der Waals surface area contributed by atoms with Crippen molar-refractivity contribution in [3.63, 3.8) is 0 Å². The highest BCUT2D eigenvalue weighted by molar-refractivity contribution is 4.99. The van der Waals surface area contributed by atoms with Gasteiger partial charge in [-0.25, -0.2) is 0 Å². The van der Waals surface area contributed by atoms with Crippen LogP contribution in [-0.2, 0) is 4.74 Å². The molecule has 3 heterocycles. The molecule has 3 aliphatic rings. The monoisotopic (exact) mass is 224 g/mol. The van der Waals surface area contributed by atoms with Gasteiger partial charge in [0.1, 0.15) is 0 Å². The van der Waals surface area contributed by atoms with Crippen molar-refractivity contribution in [3.05, 3.63) is 0 Å². The van der Waals surface area contributed by atoms with Crippen LogP contribution in [0.15, 0.2) is 0 Å². The van der Waals surface area contributed by atoms with Crippen LogP contribution in [-0.4, -0.2) is 49.8 Å². The summed E-state index contributed by atoms with van der Waals surface area (Å²) < 4.78 is 5.47. The average Bonchev–Trinajstić information content (AvgIpc) is 2.27. The Labute approximate surface area is 98.5 Å². The maximum absolute atomic E-state index is 5.47. The summed E-state index contributed by atoms with van der Waals surface area (Å²) in [5, 5.41) is 3.54. The molecule has 0 aliphatic carbocycles. The molecule has 2 atom stereocenters. The summed E-state index contributed by atoms with van der Waals surface area (Å²) in [5.41, 5.74) is 0.645. The number of nitrogens with zero attached hydrogens (tertiary/aromatic N) is 1. The lowest BCUT2D eigenvalue weighted by molar-refractivity contribution is -0.102. The van der Waals surface area contributed by atoms with Crippen LogP contribution < -0.4 is 5.32 Å². The van der Waals surface area contributed by atoms with Crippen LogP contribution in [0, 0.1) is 5.41 Å². The fraction of sp³-hybridized carbons (Fsp3) is 1.00. The Balaban J connectivity index is 1.52. The number of nitrogens with one attached hydrogen (secondary N) is 1. The lowest BCUT2D eigenvalue weighted by Crippen LogP contribution is -2.63. The number of hydrogen-bond donors (Lipinski definition) is 1. The molecule has 2 unspecified atom stereocenters. The molecule has 1 N–H and O–H groups in total. The van der Waals surface area contributed by atoms with Crippen molar-refractivity contribution in [1.29, 1.82) is 0 Å². The first-order valence-corrected chi connectivity index (χ1v) is 6.83. The fourth-order valence-corrected chi connectivity index (χ4v) is 3.63. The number of rotatable bonds is 1. The summed E-state index contributed by atoms with van der Waals surface area (Å²) in [6, 6.07) is 1.56. The maximum Gasteiger partial charge on any atom is 0.0472 e. The van der Waals surface area contributed by atoms with Gasteiger partial charge in [0.25, 0.3) is 0 Å². The molecule has 3 heteroatoms. The van der Waals surface area contributed by atoms with E-state index in [0.717, 1.165) is 19.3 Å². The van der Waals surface area contributed by atoms with E-state index in [0.29, 0.717) is 11.5 Å². The Bertz CT molecular complexity index is 242. The van der Waals surface area contributed by atoms with Crippen molar-refractivity contribution in [3.8, 4) is 0 Å². The molecule has 3 rings (SSSR count). The van der Waals surface area contributed by atoms with E-state index in [2.05, 4.69) is 17.1 Å². The molecule has 0 aromatic heterocycles. The van der Waals surface area contributed by atoms with Crippen LogP contribution in [0.1, 0.15) is 32.6 Å². The molecular weight excluding hydrogens is 200 g/mol. The van der Waals surface area contributed by atoms with Crippen LogP contribution in [0.4, 0.5) is 0 Å². The van der Waals surface area contributed by atoms with E-state index in [1.165, 1.54) is 45.3 Å². The third kappa shape index (κ3) is 2.01. The average molecular weight is 224 g/mol. The largest absolute Gasteiger partial charge is 0.381 e. The van der Waals surface area contributed by atoms with Gasteiger partial charge in [0, 0.05) is 43.8 Å². The lowest BCUT2D eigenvalue weighted by Gasteiger charge is -2.56. The quantitative estimate of drug-likeness (QED) is 0.725. The minimum Gasteiger partial charge on any atom is -0.381 e. The Morgan fingerprint density at radius 3 is 2.69 bits per heavy atom. The van der Waals surface area contributed by atoms with E-state index in [4.69, 9.17) is 4.74 Å². The van der Waals surface area contributed by atoms with E-state index in [9.17, 15) is 0 Å². The molecule has 1 spiro atoms. The summed E-state index contributed by atoms with van der Waals surface area (Å²) in [6.07, 6.45) is 5.28. The fourth-order valence-electron chi connectivity index (χ4n) is 3.63. The van der Waals surface area contributed by atoms with Crippen molar-refractivity contribution in [2.75, 3.05) is 32.8 Å². The van der Waals surface area contributed by atoms with Gasteiger partial charge in [0.05, 0.1) is 0 Å². The lowest BCUT2D eigenvalue weighted by atomic mass is 9.72. The zero-order valence-corrected chi connectivity index (χ0v) is 10.4. The maximum atomic E-state index is 5.47. The molecule has 0 radical (unpaired) electrons. The Morgan fingerprint density at radius 2 is 2.00 bits per heavy atom. The van der Waals surface area contributed by atoms with Crippen molar-refractivity contribution in [2.24, 2.45) is 5.41 Å². The third-order valence-electron chi connectivity index (χ3n) is 4.74. The zero-order valence-electron chi connectivity index (χ0n) is 10.4. The van der Waals surface area contributed by atoms with E-state index >= 15 is 0 Å². The van der Waals surface area contributed by atoms with E-state index in [1.54, 1.807) is 0 Å². The first-order chi connectivity index (χ1) is 7.77. The molecule has 3 fully saturated rings. The van der Waals surface area contributed by atoms with Crippen LogP contribution >= 0.6 is 0 Å². The highest BCUT2D eigenvalue weighted by Crippen LogP contribution is 2.41. The van der Waals surface area contributed by atoms with Crippen molar-refractivity contribution in [1.82, 2.24) is 10.2 Å². The summed E-state index contributed by atoms with van der Waals surface area (Å²) in [7, 11) is 0. The molecule has 92 valence electrons. The number of ether oxygens (including phenoxy) is 1. The van der Waals surface area contributed by atoms with Crippen LogP contribution in [0.3, 0.4) is 0 Å². The first-order valence-electron chi connectivity index (χ1n) is 6.83. The SMILES string of the molecule is CC1CC(N2CC3(CCOCC3)C2)CCN1. The number of likely N-dealkylation sites (tertiary alicyclic amines) is 1. The smallest absolute Gasteiger partial charge is 0.0472 e. The van der Waals surface area contributed by atoms with Crippen LogP contribution in [0.25, 0.3) is 0 Å². The molecular formula is C13H24N2O. The summed E-state index contributed by atoms with van der Waals surface area (Å²) >= 11 is 0. The van der Waals surface area contributed by atoms with Gasteiger partial charge in [-0.15, -0.1) is 0 Å². The minimum absolute atomic E-state index is 0.645. The van der Waals surface area contributed by atoms with Crippen molar-refractivity contribution >= 4 is 0 Å². The molecule has 0 aromatic rings. The van der Waals surface area contributed by atoms with Crippen molar-refractivity contribution in [2.45, 2.75) is 44.7 Å². The number of piperidine rings is 1. The Kier molecular flexibility index (Phi) is 2.94. The summed E-state index contributed by atoms with van der Waals surface area (Å²) in [6.45, 7) is 8.20. The second-order valence-electron chi connectivity index (χ2n) is 6.05. The van der Waals surface area contributed by atoms with Crippen LogP contribution in [0.5, 0.6) is 0 Å². The minimum atomic E-state index is 0.645. The number of hydrogen-bond acceptors (Lipinski definition) is 3. The van der Waals surface area contributed by atoms with E-state index in [-0.39, 0.29) is 0 Å². The zero-order chi connectivity index (χ0) is 11.0. The molecule has 16 heavy (non-hydrogen) atoms.